The minimum atomic E-state index is -3.51. The van der Waals surface area contributed by atoms with Crippen molar-refractivity contribution >= 4 is 15.9 Å². The molecule has 1 fully saturated rings. The third-order valence-corrected chi connectivity index (χ3v) is 5.67. The molecule has 0 saturated carbocycles. The zero-order valence-electron chi connectivity index (χ0n) is 15.4. The minimum absolute atomic E-state index is 0.0948. The summed E-state index contributed by atoms with van der Waals surface area (Å²) in [4.78, 5) is 14.2. The highest BCUT2D eigenvalue weighted by atomic mass is 32.2. The number of amides is 1. The predicted octanol–water partition coefficient (Wildman–Crippen LogP) is 1.78. The average molecular weight is 384 g/mol. The number of carbonyl (C=O) groups excluding carboxylic acids is 1. The molecule has 1 heterocycles. The Morgan fingerprint density at radius 2 is 1.88 bits per heavy atom. The van der Waals surface area contributed by atoms with Crippen molar-refractivity contribution < 1.29 is 22.7 Å². The zero-order chi connectivity index (χ0) is 19.0. The van der Waals surface area contributed by atoms with Crippen LogP contribution in [0.1, 0.15) is 33.1 Å². The molecule has 0 spiro atoms. The molecule has 1 amide bonds. The van der Waals surface area contributed by atoms with E-state index in [1.54, 1.807) is 24.0 Å². The van der Waals surface area contributed by atoms with Crippen LogP contribution in [0, 0.1) is 0 Å². The van der Waals surface area contributed by atoms with Gasteiger partial charge >= 0.3 is 0 Å². The number of rotatable bonds is 9. The van der Waals surface area contributed by atoms with Crippen LogP contribution in [0.2, 0.25) is 0 Å². The van der Waals surface area contributed by atoms with Gasteiger partial charge in [-0.3, -0.25) is 4.79 Å². The Hall–Kier alpha value is -1.64. The molecule has 1 atom stereocenters. The second kappa shape index (κ2) is 9.89. The maximum atomic E-state index is 12.3. The molecule has 0 aromatic heterocycles. The molecule has 0 unspecified atom stereocenters. The minimum Gasteiger partial charge on any atom is -0.481 e. The van der Waals surface area contributed by atoms with Gasteiger partial charge < -0.3 is 14.4 Å². The molecule has 1 aromatic carbocycles. The summed E-state index contributed by atoms with van der Waals surface area (Å²) >= 11 is 0. The fourth-order valence-electron chi connectivity index (χ4n) is 2.66. The number of hydrogen-bond acceptors (Lipinski definition) is 5. The van der Waals surface area contributed by atoms with Crippen molar-refractivity contribution in [2.45, 2.75) is 44.1 Å². The molecule has 0 aliphatic carbocycles. The van der Waals surface area contributed by atoms with Gasteiger partial charge in [0.2, 0.25) is 10.0 Å². The molecule has 0 radical (unpaired) electrons. The van der Waals surface area contributed by atoms with Crippen LogP contribution in [0.15, 0.2) is 29.2 Å². The van der Waals surface area contributed by atoms with Crippen LogP contribution in [-0.2, 0) is 19.6 Å². The Balaban J connectivity index is 1.90. The second-order valence-electron chi connectivity index (χ2n) is 6.27. The van der Waals surface area contributed by atoms with E-state index in [9.17, 15) is 13.2 Å². The Morgan fingerprint density at radius 3 is 2.50 bits per heavy atom. The highest BCUT2D eigenvalue weighted by Gasteiger charge is 2.24. The van der Waals surface area contributed by atoms with Crippen molar-refractivity contribution in [3.8, 4) is 5.75 Å². The first-order valence-corrected chi connectivity index (χ1v) is 10.6. The van der Waals surface area contributed by atoms with Gasteiger partial charge in [0.25, 0.3) is 5.91 Å². The molecule has 1 N–H and O–H groups in total. The lowest BCUT2D eigenvalue weighted by molar-refractivity contribution is -0.142. The van der Waals surface area contributed by atoms with Gasteiger partial charge in [-0.2, -0.15) is 0 Å². The molecule has 1 aliphatic rings. The molecule has 146 valence electrons. The number of nitrogens with one attached hydrogen (secondary N) is 1. The SMILES string of the molecule is CCCCCNS(=O)(=O)c1ccc(O[C@H](C)C(=O)N2CCOCC2)cc1. The second-order valence-corrected chi connectivity index (χ2v) is 8.04. The molecular formula is C18H28N2O5S. The molecule has 1 saturated heterocycles. The quantitative estimate of drug-likeness (QED) is 0.656. The van der Waals surface area contributed by atoms with Crippen LogP contribution in [0.3, 0.4) is 0 Å². The van der Waals surface area contributed by atoms with E-state index < -0.39 is 16.1 Å². The summed E-state index contributed by atoms with van der Waals surface area (Å²) in [7, 11) is -3.51. The fourth-order valence-corrected chi connectivity index (χ4v) is 3.73. The lowest BCUT2D eigenvalue weighted by Crippen LogP contribution is -2.46. The van der Waals surface area contributed by atoms with Gasteiger partial charge in [0.1, 0.15) is 5.75 Å². The van der Waals surface area contributed by atoms with Crippen molar-refractivity contribution in [3.63, 3.8) is 0 Å². The van der Waals surface area contributed by atoms with E-state index >= 15 is 0 Å². The van der Waals surface area contributed by atoms with E-state index in [0.29, 0.717) is 38.6 Å². The molecule has 1 aliphatic heterocycles. The summed E-state index contributed by atoms with van der Waals surface area (Å²) in [5, 5.41) is 0. The smallest absolute Gasteiger partial charge is 0.263 e. The average Bonchev–Trinajstić information content (AvgIpc) is 2.66. The molecule has 0 bridgehead atoms. The van der Waals surface area contributed by atoms with Crippen LogP contribution < -0.4 is 9.46 Å². The lowest BCUT2D eigenvalue weighted by Gasteiger charge is -2.29. The van der Waals surface area contributed by atoms with E-state index in [4.69, 9.17) is 9.47 Å². The van der Waals surface area contributed by atoms with E-state index in [2.05, 4.69) is 11.6 Å². The highest BCUT2D eigenvalue weighted by molar-refractivity contribution is 7.89. The topological polar surface area (TPSA) is 84.9 Å². The monoisotopic (exact) mass is 384 g/mol. The van der Waals surface area contributed by atoms with Gasteiger partial charge in [-0.25, -0.2) is 13.1 Å². The Labute approximate surface area is 155 Å². The molecular weight excluding hydrogens is 356 g/mol. The number of carbonyl (C=O) groups is 1. The maximum Gasteiger partial charge on any atom is 0.263 e. The van der Waals surface area contributed by atoms with Crippen LogP contribution in [-0.4, -0.2) is 58.2 Å². The van der Waals surface area contributed by atoms with Crippen LogP contribution in [0.5, 0.6) is 5.75 Å². The van der Waals surface area contributed by atoms with Crippen LogP contribution in [0.4, 0.5) is 0 Å². The van der Waals surface area contributed by atoms with E-state index in [1.165, 1.54) is 12.1 Å². The highest BCUT2D eigenvalue weighted by Crippen LogP contribution is 2.18. The van der Waals surface area contributed by atoms with Gasteiger partial charge in [-0.1, -0.05) is 19.8 Å². The largest absolute Gasteiger partial charge is 0.481 e. The van der Waals surface area contributed by atoms with Crippen LogP contribution in [0.25, 0.3) is 0 Å². The number of unbranched alkanes of at least 4 members (excludes halogenated alkanes) is 2. The first-order valence-electron chi connectivity index (χ1n) is 9.07. The van der Waals surface area contributed by atoms with Gasteiger partial charge in [-0.15, -0.1) is 0 Å². The third kappa shape index (κ3) is 5.96. The summed E-state index contributed by atoms with van der Waals surface area (Å²) in [6.45, 7) is 6.39. The van der Waals surface area contributed by atoms with Gasteiger partial charge in [-0.05, 0) is 37.6 Å². The maximum absolute atomic E-state index is 12.3. The first-order chi connectivity index (χ1) is 12.4. The first kappa shape index (κ1) is 20.7. The van der Waals surface area contributed by atoms with Crippen molar-refractivity contribution in [1.29, 1.82) is 0 Å². The summed E-state index contributed by atoms with van der Waals surface area (Å²) < 4.78 is 37.9. The summed E-state index contributed by atoms with van der Waals surface area (Å²) in [5.74, 6) is 0.367. The number of nitrogens with zero attached hydrogens (tertiary/aromatic N) is 1. The van der Waals surface area contributed by atoms with Crippen molar-refractivity contribution in [2.24, 2.45) is 0 Å². The summed E-state index contributed by atoms with van der Waals surface area (Å²) in [6, 6.07) is 6.13. The van der Waals surface area contributed by atoms with E-state index in [1.807, 2.05) is 0 Å². The Bertz CT molecular complexity index is 669. The lowest BCUT2D eigenvalue weighted by atomic mass is 10.3. The number of sulfonamides is 1. The summed E-state index contributed by atoms with van der Waals surface area (Å²) in [6.07, 6.45) is 2.21. The molecule has 1 aromatic rings. The fraction of sp³-hybridized carbons (Fsp3) is 0.611. The number of benzene rings is 1. The van der Waals surface area contributed by atoms with Crippen molar-refractivity contribution in [1.82, 2.24) is 9.62 Å². The van der Waals surface area contributed by atoms with E-state index in [0.717, 1.165) is 19.3 Å². The van der Waals surface area contributed by atoms with Crippen LogP contribution >= 0.6 is 0 Å². The number of morpholine rings is 1. The standard InChI is InChI=1S/C18H28N2O5S/c1-3-4-5-10-19-26(22,23)17-8-6-16(7-9-17)25-15(2)18(21)20-11-13-24-14-12-20/h6-9,15,19H,3-5,10-14H2,1-2H3/t15-/m1/s1. The normalized spacial score (nSPS) is 16.3. The Kier molecular flexibility index (Phi) is 7.86. The number of ether oxygens (including phenoxy) is 2. The zero-order valence-corrected chi connectivity index (χ0v) is 16.3. The predicted molar refractivity (Wildman–Crippen MR) is 98.6 cm³/mol. The van der Waals surface area contributed by atoms with Crippen molar-refractivity contribution in [2.75, 3.05) is 32.8 Å². The van der Waals surface area contributed by atoms with Gasteiger partial charge in [0.15, 0.2) is 6.10 Å². The summed E-state index contributed by atoms with van der Waals surface area (Å²) in [5.41, 5.74) is 0. The van der Waals surface area contributed by atoms with Crippen molar-refractivity contribution in [3.05, 3.63) is 24.3 Å². The Morgan fingerprint density at radius 1 is 1.23 bits per heavy atom. The molecule has 7 nitrogen and oxygen atoms in total. The third-order valence-electron chi connectivity index (χ3n) is 4.19. The van der Waals surface area contributed by atoms with Gasteiger partial charge in [0, 0.05) is 19.6 Å². The molecule has 26 heavy (non-hydrogen) atoms. The molecule has 2 rings (SSSR count). The van der Waals surface area contributed by atoms with Gasteiger partial charge in [0.05, 0.1) is 18.1 Å². The molecule has 8 heteroatoms. The van der Waals surface area contributed by atoms with E-state index in [-0.39, 0.29) is 10.8 Å². The number of hydrogen-bond donors (Lipinski definition) is 1.